The third kappa shape index (κ3) is 3.88. The summed E-state index contributed by atoms with van der Waals surface area (Å²) >= 11 is 1.58. The summed E-state index contributed by atoms with van der Waals surface area (Å²) in [7, 11) is 0. The smallest absolute Gasteiger partial charge is 0.129 e. The number of nitrogens with zero attached hydrogens (tertiary/aromatic N) is 2. The zero-order chi connectivity index (χ0) is 17.2. The molecule has 1 atom stereocenters. The van der Waals surface area contributed by atoms with Gasteiger partial charge in [-0.3, -0.25) is 4.90 Å². The number of halogens is 2. The number of benzene rings is 1. The van der Waals surface area contributed by atoms with Crippen LogP contribution in [0.2, 0.25) is 0 Å². The van der Waals surface area contributed by atoms with E-state index < -0.39 is 11.6 Å². The maximum absolute atomic E-state index is 13.2. The van der Waals surface area contributed by atoms with Gasteiger partial charge in [0.1, 0.15) is 34.8 Å². The van der Waals surface area contributed by atoms with Gasteiger partial charge >= 0.3 is 0 Å². The Balaban J connectivity index is 1.35. The molecule has 0 bridgehead atoms. The van der Waals surface area contributed by atoms with Crippen molar-refractivity contribution < 1.29 is 17.9 Å². The van der Waals surface area contributed by atoms with Crippen LogP contribution in [0.1, 0.15) is 12.1 Å². The van der Waals surface area contributed by atoms with Gasteiger partial charge in [0.25, 0.3) is 0 Å². The molecular formula is C18H16F2N2O2S. The van der Waals surface area contributed by atoms with E-state index in [4.69, 9.17) is 9.15 Å². The molecule has 7 heteroatoms. The zero-order valence-electron chi connectivity index (χ0n) is 13.3. The van der Waals surface area contributed by atoms with Gasteiger partial charge in [-0.1, -0.05) is 0 Å². The monoisotopic (exact) mass is 362 g/mol. The lowest BCUT2D eigenvalue weighted by molar-refractivity contribution is 0.196. The summed E-state index contributed by atoms with van der Waals surface area (Å²) in [5, 5.41) is 2.98. The van der Waals surface area contributed by atoms with Gasteiger partial charge in [-0.2, -0.15) is 0 Å². The van der Waals surface area contributed by atoms with Crippen LogP contribution < -0.4 is 4.74 Å². The number of rotatable bonds is 5. The molecule has 1 saturated heterocycles. The molecule has 0 aliphatic carbocycles. The molecular weight excluding hydrogens is 346 g/mol. The molecule has 0 N–H and O–H groups in total. The summed E-state index contributed by atoms with van der Waals surface area (Å²) in [4.78, 5) is 6.86. The van der Waals surface area contributed by atoms with Crippen molar-refractivity contribution in [3.05, 3.63) is 59.5 Å². The number of furan rings is 1. The minimum absolute atomic E-state index is 0.0758. The molecule has 4 nitrogen and oxygen atoms in total. The molecule has 4 rings (SSSR count). The molecule has 0 amide bonds. The van der Waals surface area contributed by atoms with Gasteiger partial charge < -0.3 is 9.15 Å². The third-order valence-corrected chi connectivity index (χ3v) is 5.01. The normalized spacial score (nSPS) is 17.9. The molecule has 2 aromatic heterocycles. The number of aromatic nitrogens is 1. The van der Waals surface area contributed by atoms with E-state index in [9.17, 15) is 8.78 Å². The molecule has 1 aromatic carbocycles. The quantitative estimate of drug-likeness (QED) is 0.677. The molecule has 1 unspecified atom stereocenters. The Bertz CT molecular complexity index is 830. The topological polar surface area (TPSA) is 38.5 Å². The second-order valence-electron chi connectivity index (χ2n) is 6.02. The highest BCUT2D eigenvalue weighted by Gasteiger charge is 2.25. The van der Waals surface area contributed by atoms with Gasteiger partial charge in [-0.25, -0.2) is 13.8 Å². The fourth-order valence-electron chi connectivity index (χ4n) is 2.95. The van der Waals surface area contributed by atoms with Crippen molar-refractivity contribution in [2.45, 2.75) is 19.1 Å². The third-order valence-electron chi connectivity index (χ3n) is 4.07. The van der Waals surface area contributed by atoms with Crippen LogP contribution in [-0.2, 0) is 6.54 Å². The van der Waals surface area contributed by atoms with Crippen LogP contribution in [0, 0.1) is 11.6 Å². The van der Waals surface area contributed by atoms with E-state index in [1.807, 2.05) is 11.4 Å². The molecule has 3 heterocycles. The first kappa shape index (κ1) is 16.2. The van der Waals surface area contributed by atoms with Crippen LogP contribution >= 0.6 is 11.3 Å². The Morgan fingerprint density at radius 2 is 2.12 bits per heavy atom. The summed E-state index contributed by atoms with van der Waals surface area (Å²) < 4.78 is 37.3. The van der Waals surface area contributed by atoms with E-state index >= 15 is 0 Å². The second-order valence-corrected chi connectivity index (χ2v) is 6.88. The molecule has 0 saturated carbocycles. The van der Waals surface area contributed by atoms with Gasteiger partial charge in [-0.15, -0.1) is 11.3 Å². The maximum Gasteiger partial charge on any atom is 0.129 e. The number of hydrogen-bond acceptors (Lipinski definition) is 5. The second kappa shape index (κ2) is 6.93. The minimum Gasteiger partial charge on any atom is -0.489 e. The molecule has 1 aliphatic rings. The largest absolute Gasteiger partial charge is 0.489 e. The van der Waals surface area contributed by atoms with Gasteiger partial charge in [0.2, 0.25) is 0 Å². The van der Waals surface area contributed by atoms with Crippen LogP contribution in [0.15, 0.2) is 46.6 Å². The molecule has 130 valence electrons. The standard InChI is InChI=1S/C18H16F2N2O2S/c19-13-5-14(20)7-17(6-13)24-16-1-3-22(9-16)8-15-11-25-18(21-15)12-2-4-23-10-12/h2,4-7,10-11,16H,1,3,8-9H2. The average Bonchev–Trinajstić information content (AvgIpc) is 3.28. The molecule has 25 heavy (non-hydrogen) atoms. The summed E-state index contributed by atoms with van der Waals surface area (Å²) in [6.07, 6.45) is 4.05. The van der Waals surface area contributed by atoms with Crippen LogP contribution in [-0.4, -0.2) is 29.1 Å². The zero-order valence-corrected chi connectivity index (χ0v) is 14.1. The highest BCUT2D eigenvalue weighted by atomic mass is 32.1. The SMILES string of the molecule is Fc1cc(F)cc(OC2CCN(Cc3csc(-c4ccoc4)n3)C2)c1. The number of ether oxygens (including phenoxy) is 1. The summed E-state index contributed by atoms with van der Waals surface area (Å²) in [5.41, 5.74) is 1.98. The Hall–Kier alpha value is -2.25. The van der Waals surface area contributed by atoms with E-state index in [0.29, 0.717) is 6.54 Å². The van der Waals surface area contributed by atoms with Crippen molar-refractivity contribution in [2.75, 3.05) is 13.1 Å². The van der Waals surface area contributed by atoms with Crippen molar-refractivity contribution in [1.82, 2.24) is 9.88 Å². The van der Waals surface area contributed by atoms with Crippen molar-refractivity contribution in [3.8, 4) is 16.3 Å². The van der Waals surface area contributed by atoms with Crippen LogP contribution in [0.3, 0.4) is 0 Å². The fraction of sp³-hybridized carbons (Fsp3) is 0.278. The molecule has 1 aliphatic heterocycles. The predicted octanol–water partition coefficient (Wildman–Crippen LogP) is 4.33. The predicted molar refractivity (Wildman–Crippen MR) is 90.5 cm³/mol. The maximum atomic E-state index is 13.2. The Morgan fingerprint density at radius 3 is 2.88 bits per heavy atom. The lowest BCUT2D eigenvalue weighted by atomic mass is 10.3. The highest BCUT2D eigenvalue weighted by Crippen LogP contribution is 2.26. The molecule has 3 aromatic rings. The first-order valence-electron chi connectivity index (χ1n) is 7.98. The van der Waals surface area contributed by atoms with E-state index in [0.717, 1.165) is 41.8 Å². The van der Waals surface area contributed by atoms with Gasteiger partial charge in [0.05, 0.1) is 12.0 Å². The van der Waals surface area contributed by atoms with Crippen LogP contribution in [0.25, 0.3) is 10.6 Å². The molecule has 0 spiro atoms. The van der Waals surface area contributed by atoms with Crippen LogP contribution in [0.5, 0.6) is 5.75 Å². The number of likely N-dealkylation sites (tertiary alicyclic amines) is 1. The highest BCUT2D eigenvalue weighted by molar-refractivity contribution is 7.13. The number of hydrogen-bond donors (Lipinski definition) is 0. The Morgan fingerprint density at radius 1 is 1.28 bits per heavy atom. The molecule has 1 fully saturated rings. The fourth-order valence-corrected chi connectivity index (χ4v) is 3.75. The lowest BCUT2D eigenvalue weighted by Crippen LogP contribution is -2.24. The van der Waals surface area contributed by atoms with Crippen molar-refractivity contribution in [2.24, 2.45) is 0 Å². The van der Waals surface area contributed by atoms with Crippen molar-refractivity contribution >= 4 is 11.3 Å². The first-order valence-corrected chi connectivity index (χ1v) is 8.86. The van der Waals surface area contributed by atoms with Crippen molar-refractivity contribution in [1.29, 1.82) is 0 Å². The van der Waals surface area contributed by atoms with E-state index in [1.165, 1.54) is 12.1 Å². The first-order chi connectivity index (χ1) is 12.2. The van der Waals surface area contributed by atoms with E-state index in [1.54, 1.807) is 23.9 Å². The Labute approximate surface area is 147 Å². The van der Waals surface area contributed by atoms with Crippen LogP contribution in [0.4, 0.5) is 8.78 Å². The summed E-state index contributed by atoms with van der Waals surface area (Å²) in [6, 6.07) is 5.15. The van der Waals surface area contributed by atoms with E-state index in [2.05, 4.69) is 9.88 Å². The molecule has 0 radical (unpaired) electrons. The van der Waals surface area contributed by atoms with Gasteiger partial charge in [-0.05, 0) is 12.5 Å². The summed E-state index contributed by atoms with van der Waals surface area (Å²) in [5.74, 6) is -1.02. The average molecular weight is 362 g/mol. The minimum atomic E-state index is -0.626. The Kier molecular flexibility index (Phi) is 4.50. The lowest BCUT2D eigenvalue weighted by Gasteiger charge is -2.16. The van der Waals surface area contributed by atoms with Gasteiger partial charge in [0, 0.05) is 48.8 Å². The van der Waals surface area contributed by atoms with E-state index in [-0.39, 0.29) is 11.9 Å². The summed E-state index contributed by atoms with van der Waals surface area (Å²) in [6.45, 7) is 2.30. The van der Waals surface area contributed by atoms with Gasteiger partial charge in [0.15, 0.2) is 0 Å². The van der Waals surface area contributed by atoms with Crippen molar-refractivity contribution in [3.63, 3.8) is 0 Å². The number of thiazole rings is 1.